The maximum Gasteiger partial charge on any atom is 0.133 e. The molecule has 1 atom stereocenters. The van der Waals surface area contributed by atoms with Gasteiger partial charge in [-0.25, -0.2) is 0 Å². The number of fused-ring (bicyclic) bond motifs is 1. The van der Waals surface area contributed by atoms with Crippen LogP contribution in [0.15, 0.2) is 34.9 Å². The Morgan fingerprint density at radius 3 is 2.80 bits per heavy atom. The molecule has 0 fully saturated rings. The highest BCUT2D eigenvalue weighted by Gasteiger charge is 2.09. The Morgan fingerprint density at radius 2 is 2.07 bits per heavy atom. The highest BCUT2D eigenvalue weighted by molar-refractivity contribution is 5.77. The quantitative estimate of drug-likeness (QED) is 0.829. The number of furan rings is 1. The third-order valence-corrected chi connectivity index (χ3v) is 2.63. The van der Waals surface area contributed by atoms with Crippen molar-refractivity contribution in [2.45, 2.75) is 26.3 Å². The fraction of sp³-hybridized carbons (Fsp3) is 0.385. The molecular weight excluding hydrogens is 186 g/mol. The van der Waals surface area contributed by atoms with Gasteiger partial charge in [-0.15, -0.1) is 0 Å². The van der Waals surface area contributed by atoms with Crippen molar-refractivity contribution in [3.63, 3.8) is 0 Å². The van der Waals surface area contributed by atoms with Gasteiger partial charge in [0.2, 0.25) is 0 Å². The SMILES string of the molecule is CC(C)CC(N)c1ccc2occc2c1. The van der Waals surface area contributed by atoms with Gasteiger partial charge in [0.15, 0.2) is 0 Å². The number of hydrogen-bond donors (Lipinski definition) is 1. The zero-order chi connectivity index (χ0) is 10.8. The maximum absolute atomic E-state index is 6.13. The van der Waals surface area contributed by atoms with Crippen LogP contribution in [0.25, 0.3) is 11.0 Å². The summed E-state index contributed by atoms with van der Waals surface area (Å²) in [5.74, 6) is 0.625. The lowest BCUT2D eigenvalue weighted by atomic mass is 9.97. The van der Waals surface area contributed by atoms with Crippen LogP contribution in [0.3, 0.4) is 0 Å². The van der Waals surface area contributed by atoms with E-state index in [1.807, 2.05) is 12.1 Å². The van der Waals surface area contributed by atoms with Crippen molar-refractivity contribution in [3.8, 4) is 0 Å². The van der Waals surface area contributed by atoms with Gasteiger partial charge in [0, 0.05) is 11.4 Å². The topological polar surface area (TPSA) is 39.2 Å². The third kappa shape index (κ3) is 2.21. The molecule has 0 spiro atoms. The van der Waals surface area contributed by atoms with Crippen LogP contribution in [0.1, 0.15) is 31.9 Å². The van der Waals surface area contributed by atoms with Crippen molar-refractivity contribution in [2.75, 3.05) is 0 Å². The van der Waals surface area contributed by atoms with Crippen molar-refractivity contribution in [3.05, 3.63) is 36.1 Å². The monoisotopic (exact) mass is 203 g/mol. The molecule has 2 heteroatoms. The molecule has 0 saturated heterocycles. The van der Waals surface area contributed by atoms with Gasteiger partial charge in [-0.05, 0) is 36.1 Å². The van der Waals surface area contributed by atoms with E-state index in [-0.39, 0.29) is 6.04 Å². The first kappa shape index (κ1) is 10.2. The van der Waals surface area contributed by atoms with Crippen LogP contribution < -0.4 is 5.73 Å². The Labute approximate surface area is 90.1 Å². The molecule has 0 amide bonds. The van der Waals surface area contributed by atoms with E-state index in [9.17, 15) is 0 Å². The standard InChI is InChI=1S/C13H17NO/c1-9(2)7-12(14)10-3-4-13-11(8-10)5-6-15-13/h3-6,8-9,12H,7,14H2,1-2H3. The van der Waals surface area contributed by atoms with Gasteiger partial charge < -0.3 is 10.2 Å². The zero-order valence-corrected chi connectivity index (χ0v) is 9.23. The average Bonchev–Trinajstić information content (AvgIpc) is 2.62. The molecule has 0 aliphatic rings. The minimum atomic E-state index is 0.129. The van der Waals surface area contributed by atoms with Crippen molar-refractivity contribution in [2.24, 2.45) is 11.7 Å². The predicted octanol–water partition coefficient (Wildman–Crippen LogP) is 3.48. The summed E-state index contributed by atoms with van der Waals surface area (Å²) < 4.78 is 5.29. The Hall–Kier alpha value is -1.28. The van der Waals surface area contributed by atoms with Crippen molar-refractivity contribution >= 4 is 11.0 Å². The number of benzene rings is 1. The Bertz CT molecular complexity index is 444. The van der Waals surface area contributed by atoms with Crippen LogP contribution in [0, 0.1) is 5.92 Å². The Kier molecular flexibility index (Phi) is 2.78. The van der Waals surface area contributed by atoms with E-state index in [1.165, 1.54) is 5.56 Å². The summed E-state index contributed by atoms with van der Waals surface area (Å²) in [6.07, 6.45) is 2.73. The summed E-state index contributed by atoms with van der Waals surface area (Å²) in [6.45, 7) is 4.38. The molecule has 80 valence electrons. The van der Waals surface area contributed by atoms with E-state index < -0.39 is 0 Å². The lowest BCUT2D eigenvalue weighted by molar-refractivity contribution is 0.510. The van der Waals surface area contributed by atoms with Crippen LogP contribution in [0.4, 0.5) is 0 Å². The van der Waals surface area contributed by atoms with Gasteiger partial charge in [0.05, 0.1) is 6.26 Å². The third-order valence-electron chi connectivity index (χ3n) is 2.63. The van der Waals surface area contributed by atoms with Gasteiger partial charge in [0.25, 0.3) is 0 Å². The highest BCUT2D eigenvalue weighted by atomic mass is 16.3. The fourth-order valence-corrected chi connectivity index (χ4v) is 1.86. The van der Waals surface area contributed by atoms with Crippen LogP contribution in [0.2, 0.25) is 0 Å². The minimum Gasteiger partial charge on any atom is -0.464 e. The highest BCUT2D eigenvalue weighted by Crippen LogP contribution is 2.23. The van der Waals surface area contributed by atoms with Gasteiger partial charge in [-0.2, -0.15) is 0 Å². The minimum absolute atomic E-state index is 0.129. The summed E-state index contributed by atoms with van der Waals surface area (Å²) in [6, 6.07) is 8.26. The second-order valence-corrected chi connectivity index (χ2v) is 4.45. The van der Waals surface area contributed by atoms with Crippen LogP contribution in [-0.2, 0) is 0 Å². The van der Waals surface area contributed by atoms with Gasteiger partial charge in [-0.1, -0.05) is 19.9 Å². The molecular formula is C13H17NO. The van der Waals surface area contributed by atoms with E-state index in [2.05, 4.69) is 26.0 Å². The van der Waals surface area contributed by atoms with Crippen molar-refractivity contribution in [1.82, 2.24) is 0 Å². The molecule has 0 aliphatic carbocycles. The van der Waals surface area contributed by atoms with Crippen LogP contribution in [-0.4, -0.2) is 0 Å². The van der Waals surface area contributed by atoms with E-state index in [1.54, 1.807) is 6.26 Å². The van der Waals surface area contributed by atoms with Crippen LogP contribution >= 0.6 is 0 Å². The van der Waals surface area contributed by atoms with Crippen LogP contribution in [0.5, 0.6) is 0 Å². The van der Waals surface area contributed by atoms with E-state index in [0.717, 1.165) is 17.4 Å². The molecule has 2 rings (SSSR count). The lowest BCUT2D eigenvalue weighted by Gasteiger charge is -2.14. The molecule has 1 heterocycles. The zero-order valence-electron chi connectivity index (χ0n) is 9.23. The summed E-state index contributed by atoms with van der Waals surface area (Å²) in [5.41, 5.74) is 8.24. The predicted molar refractivity (Wildman–Crippen MR) is 62.6 cm³/mol. The molecule has 2 N–H and O–H groups in total. The molecule has 15 heavy (non-hydrogen) atoms. The summed E-state index contributed by atoms with van der Waals surface area (Å²) in [5, 5.41) is 1.13. The van der Waals surface area contributed by atoms with Gasteiger partial charge >= 0.3 is 0 Å². The van der Waals surface area contributed by atoms with Gasteiger partial charge in [0.1, 0.15) is 5.58 Å². The van der Waals surface area contributed by atoms with E-state index in [4.69, 9.17) is 10.2 Å². The summed E-state index contributed by atoms with van der Waals surface area (Å²) >= 11 is 0. The first-order valence-corrected chi connectivity index (χ1v) is 5.39. The smallest absolute Gasteiger partial charge is 0.133 e. The first-order chi connectivity index (χ1) is 7.16. The molecule has 0 radical (unpaired) electrons. The average molecular weight is 203 g/mol. The molecule has 1 unspecified atom stereocenters. The molecule has 1 aromatic carbocycles. The second kappa shape index (κ2) is 4.07. The second-order valence-electron chi connectivity index (χ2n) is 4.45. The lowest BCUT2D eigenvalue weighted by Crippen LogP contribution is -2.12. The molecule has 0 saturated carbocycles. The normalized spacial score (nSPS) is 13.6. The Morgan fingerprint density at radius 1 is 1.27 bits per heavy atom. The number of hydrogen-bond acceptors (Lipinski definition) is 2. The molecule has 1 aromatic heterocycles. The molecule has 0 bridgehead atoms. The maximum atomic E-state index is 6.13. The molecule has 2 nitrogen and oxygen atoms in total. The molecule has 2 aromatic rings. The van der Waals surface area contributed by atoms with Gasteiger partial charge in [-0.3, -0.25) is 0 Å². The van der Waals surface area contributed by atoms with Crippen molar-refractivity contribution < 1.29 is 4.42 Å². The van der Waals surface area contributed by atoms with E-state index >= 15 is 0 Å². The summed E-state index contributed by atoms with van der Waals surface area (Å²) in [7, 11) is 0. The number of nitrogens with two attached hydrogens (primary N) is 1. The van der Waals surface area contributed by atoms with Crippen molar-refractivity contribution in [1.29, 1.82) is 0 Å². The number of rotatable bonds is 3. The fourth-order valence-electron chi connectivity index (χ4n) is 1.86. The molecule has 0 aliphatic heterocycles. The first-order valence-electron chi connectivity index (χ1n) is 5.39. The van der Waals surface area contributed by atoms with E-state index in [0.29, 0.717) is 5.92 Å². The largest absolute Gasteiger partial charge is 0.464 e. The summed E-state index contributed by atoms with van der Waals surface area (Å²) in [4.78, 5) is 0. The Balaban J connectivity index is 2.27.